The van der Waals surface area contributed by atoms with E-state index in [0.717, 1.165) is 24.8 Å². The third-order valence-electron chi connectivity index (χ3n) is 5.63. The largest absolute Gasteiger partial charge is 0.480 e. The first kappa shape index (κ1) is 20.3. The van der Waals surface area contributed by atoms with Crippen LogP contribution in [-0.4, -0.2) is 64.0 Å². The zero-order valence-corrected chi connectivity index (χ0v) is 16.3. The lowest BCUT2D eigenvalue weighted by Gasteiger charge is -2.45. The van der Waals surface area contributed by atoms with E-state index >= 15 is 0 Å². The first-order valence-electron chi connectivity index (χ1n) is 10.2. The van der Waals surface area contributed by atoms with Gasteiger partial charge in [0.1, 0.15) is 12.1 Å². The van der Waals surface area contributed by atoms with E-state index in [4.69, 9.17) is 0 Å². The van der Waals surface area contributed by atoms with Crippen LogP contribution in [0.15, 0.2) is 30.3 Å². The fraction of sp³-hybridized carbons (Fsp3) is 0.571. The van der Waals surface area contributed by atoms with Gasteiger partial charge in [-0.2, -0.15) is 0 Å². The molecule has 2 fully saturated rings. The highest BCUT2D eigenvalue weighted by molar-refractivity contribution is 5.99. The second kappa shape index (κ2) is 9.19. The van der Waals surface area contributed by atoms with Gasteiger partial charge in [-0.05, 0) is 44.2 Å². The molecule has 2 aliphatic heterocycles. The van der Waals surface area contributed by atoms with Gasteiger partial charge in [0.15, 0.2) is 6.17 Å². The lowest BCUT2D eigenvalue weighted by Crippen LogP contribution is -2.70. The van der Waals surface area contributed by atoms with Crippen molar-refractivity contribution in [2.24, 2.45) is 0 Å². The fourth-order valence-corrected chi connectivity index (χ4v) is 4.13. The SMILES string of the molecule is CCCCN[C@@H]1C(=O)N2CCC[C@@H]2C(=O)N1[C@@H](CCc1ccccc1)C(=O)O. The summed E-state index contributed by atoms with van der Waals surface area (Å²) in [6, 6.07) is 8.07. The van der Waals surface area contributed by atoms with Gasteiger partial charge in [-0.15, -0.1) is 0 Å². The Kier molecular flexibility index (Phi) is 6.67. The van der Waals surface area contributed by atoms with Crippen molar-refractivity contribution < 1.29 is 19.5 Å². The molecule has 1 aromatic carbocycles. The molecule has 2 N–H and O–H groups in total. The van der Waals surface area contributed by atoms with Crippen molar-refractivity contribution in [1.82, 2.24) is 15.1 Å². The zero-order chi connectivity index (χ0) is 20.1. The Bertz CT molecular complexity index is 709. The van der Waals surface area contributed by atoms with Crippen molar-refractivity contribution >= 4 is 17.8 Å². The van der Waals surface area contributed by atoms with E-state index in [9.17, 15) is 19.5 Å². The molecule has 28 heavy (non-hydrogen) atoms. The number of unbranched alkanes of at least 4 members (excludes halogenated alkanes) is 1. The van der Waals surface area contributed by atoms with Gasteiger partial charge in [-0.25, -0.2) is 4.79 Å². The van der Waals surface area contributed by atoms with E-state index in [1.165, 1.54) is 4.90 Å². The molecule has 0 radical (unpaired) electrons. The zero-order valence-electron chi connectivity index (χ0n) is 16.3. The summed E-state index contributed by atoms with van der Waals surface area (Å²) in [5.74, 6) is -1.48. The number of amides is 2. The van der Waals surface area contributed by atoms with Gasteiger partial charge in [0, 0.05) is 6.54 Å². The van der Waals surface area contributed by atoms with Crippen molar-refractivity contribution in [1.29, 1.82) is 0 Å². The Morgan fingerprint density at radius 1 is 1.25 bits per heavy atom. The van der Waals surface area contributed by atoms with Gasteiger partial charge in [0.05, 0.1) is 0 Å². The summed E-state index contributed by atoms with van der Waals surface area (Å²) >= 11 is 0. The van der Waals surface area contributed by atoms with Crippen LogP contribution in [0.2, 0.25) is 0 Å². The number of benzene rings is 1. The molecule has 0 saturated carbocycles. The number of hydrogen-bond acceptors (Lipinski definition) is 4. The molecule has 2 aliphatic rings. The number of carboxylic acid groups (broad SMARTS) is 1. The maximum absolute atomic E-state index is 13.2. The number of nitrogens with one attached hydrogen (secondary N) is 1. The Morgan fingerprint density at radius 3 is 2.68 bits per heavy atom. The molecule has 0 spiro atoms. The average Bonchev–Trinajstić information content (AvgIpc) is 3.18. The molecule has 7 nitrogen and oxygen atoms in total. The van der Waals surface area contributed by atoms with Crippen LogP contribution in [0.4, 0.5) is 0 Å². The van der Waals surface area contributed by atoms with Crippen LogP contribution in [0.5, 0.6) is 0 Å². The molecular formula is C21H29N3O4. The minimum Gasteiger partial charge on any atom is -0.480 e. The number of piperazine rings is 1. The lowest BCUT2D eigenvalue weighted by atomic mass is 10.00. The summed E-state index contributed by atoms with van der Waals surface area (Å²) < 4.78 is 0. The number of aryl methyl sites for hydroxylation is 1. The normalized spacial score (nSPS) is 23.0. The third-order valence-corrected chi connectivity index (χ3v) is 5.63. The van der Waals surface area contributed by atoms with Crippen molar-refractivity contribution in [3.05, 3.63) is 35.9 Å². The predicted octanol–water partition coefficient (Wildman–Crippen LogP) is 1.62. The Morgan fingerprint density at radius 2 is 2.00 bits per heavy atom. The number of rotatable bonds is 9. The summed E-state index contributed by atoms with van der Waals surface area (Å²) in [5, 5.41) is 13.0. The van der Waals surface area contributed by atoms with E-state index in [-0.39, 0.29) is 18.2 Å². The highest BCUT2D eigenvalue weighted by Crippen LogP contribution is 2.29. The summed E-state index contributed by atoms with van der Waals surface area (Å²) in [5.41, 5.74) is 1.02. The number of fused-ring (bicyclic) bond motifs is 1. The number of nitrogens with zero attached hydrogens (tertiary/aromatic N) is 2. The van der Waals surface area contributed by atoms with Crippen molar-refractivity contribution in [3.63, 3.8) is 0 Å². The average molecular weight is 387 g/mol. The van der Waals surface area contributed by atoms with Crippen LogP contribution in [0.3, 0.4) is 0 Å². The second-order valence-electron chi connectivity index (χ2n) is 7.52. The molecule has 1 aromatic rings. The quantitative estimate of drug-likeness (QED) is 0.629. The van der Waals surface area contributed by atoms with Crippen LogP contribution in [-0.2, 0) is 20.8 Å². The maximum atomic E-state index is 13.2. The minimum absolute atomic E-state index is 0.177. The third kappa shape index (κ3) is 4.19. The number of aliphatic carboxylic acids is 1. The molecule has 7 heteroatoms. The van der Waals surface area contributed by atoms with Gasteiger partial charge >= 0.3 is 5.97 Å². The van der Waals surface area contributed by atoms with E-state index in [0.29, 0.717) is 25.9 Å². The molecule has 2 saturated heterocycles. The van der Waals surface area contributed by atoms with Gasteiger partial charge in [0.25, 0.3) is 5.91 Å². The molecule has 3 atom stereocenters. The second-order valence-corrected chi connectivity index (χ2v) is 7.52. The van der Waals surface area contributed by atoms with E-state index in [1.807, 2.05) is 37.3 Å². The predicted molar refractivity (Wildman–Crippen MR) is 104 cm³/mol. The number of hydrogen-bond donors (Lipinski definition) is 2. The fourth-order valence-electron chi connectivity index (χ4n) is 4.13. The summed E-state index contributed by atoms with van der Waals surface area (Å²) in [6.45, 7) is 3.18. The molecule has 3 rings (SSSR count). The van der Waals surface area contributed by atoms with Crippen LogP contribution in [0.1, 0.15) is 44.6 Å². The molecule has 0 bridgehead atoms. The van der Waals surface area contributed by atoms with Crippen LogP contribution < -0.4 is 5.32 Å². The first-order chi connectivity index (χ1) is 13.5. The van der Waals surface area contributed by atoms with E-state index < -0.39 is 24.2 Å². The Labute approximate surface area is 165 Å². The highest BCUT2D eigenvalue weighted by Gasteiger charge is 2.51. The van der Waals surface area contributed by atoms with Gasteiger partial charge in [-0.1, -0.05) is 43.7 Å². The van der Waals surface area contributed by atoms with Gasteiger partial charge in [-0.3, -0.25) is 14.9 Å². The minimum atomic E-state index is -1.06. The van der Waals surface area contributed by atoms with Crippen molar-refractivity contribution in [3.8, 4) is 0 Å². The molecule has 0 aromatic heterocycles. The van der Waals surface area contributed by atoms with Gasteiger partial charge in [0.2, 0.25) is 5.91 Å². The van der Waals surface area contributed by atoms with Crippen molar-refractivity contribution in [2.75, 3.05) is 13.1 Å². The van der Waals surface area contributed by atoms with Crippen LogP contribution in [0.25, 0.3) is 0 Å². The number of carbonyl (C=O) groups excluding carboxylic acids is 2. The lowest BCUT2D eigenvalue weighted by molar-refractivity contribution is -0.169. The van der Waals surface area contributed by atoms with Crippen molar-refractivity contribution in [2.45, 2.75) is 63.7 Å². The monoisotopic (exact) mass is 387 g/mol. The summed E-state index contributed by atoms with van der Waals surface area (Å²) in [7, 11) is 0. The molecule has 2 amide bonds. The van der Waals surface area contributed by atoms with Gasteiger partial charge < -0.3 is 14.9 Å². The molecule has 152 valence electrons. The molecule has 0 unspecified atom stereocenters. The topological polar surface area (TPSA) is 90.0 Å². The van der Waals surface area contributed by atoms with Crippen LogP contribution >= 0.6 is 0 Å². The van der Waals surface area contributed by atoms with E-state index in [2.05, 4.69) is 5.32 Å². The summed E-state index contributed by atoms with van der Waals surface area (Å²) in [4.78, 5) is 41.2. The molecular weight excluding hydrogens is 358 g/mol. The standard InChI is InChI=1S/C21H29N3O4/c1-2-3-13-22-18-20(26)23-14-7-10-16(23)19(25)24(18)17(21(27)28)12-11-15-8-5-4-6-9-15/h4-6,8-9,16-18,22H,2-3,7,10-14H2,1H3,(H,27,28)/t16-,17+,18+/m1/s1. The Balaban J connectivity index is 1.83. The van der Waals surface area contributed by atoms with Crippen LogP contribution in [0, 0.1) is 0 Å². The molecule has 2 heterocycles. The maximum Gasteiger partial charge on any atom is 0.326 e. The van der Waals surface area contributed by atoms with E-state index in [1.54, 1.807) is 4.90 Å². The number of carboxylic acids is 1. The highest BCUT2D eigenvalue weighted by atomic mass is 16.4. The molecule has 0 aliphatic carbocycles. The smallest absolute Gasteiger partial charge is 0.326 e. The summed E-state index contributed by atoms with van der Waals surface area (Å²) in [6.07, 6.45) is 3.10. The number of carbonyl (C=O) groups is 3. The first-order valence-corrected chi connectivity index (χ1v) is 10.2. The Hall–Kier alpha value is -2.41.